The second-order valence-corrected chi connectivity index (χ2v) is 8.94. The predicted octanol–water partition coefficient (Wildman–Crippen LogP) is 4.40. The van der Waals surface area contributed by atoms with E-state index >= 15 is 0 Å². The number of nitrogens with zero attached hydrogens (tertiary/aromatic N) is 3. The first-order chi connectivity index (χ1) is 15.1. The zero-order valence-electron chi connectivity index (χ0n) is 17.9. The highest BCUT2D eigenvalue weighted by molar-refractivity contribution is 5.56. The van der Waals surface area contributed by atoms with E-state index in [1.54, 1.807) is 0 Å². The van der Waals surface area contributed by atoms with E-state index in [0.29, 0.717) is 11.7 Å². The fraction of sp³-hybridized carbons (Fsp3) is 0.385. The molecule has 0 amide bonds. The second kappa shape index (κ2) is 8.22. The average molecular weight is 416 g/mol. The Balaban J connectivity index is 1.48. The molecule has 2 aliphatic rings. The number of aromatic hydroxyl groups is 1. The second-order valence-electron chi connectivity index (χ2n) is 8.94. The quantitative estimate of drug-likeness (QED) is 0.642. The number of aldehydes is 1. The Kier molecular flexibility index (Phi) is 5.26. The van der Waals surface area contributed by atoms with Crippen molar-refractivity contribution in [3.05, 3.63) is 77.1 Å². The Labute approximate surface area is 183 Å². The molecule has 1 aromatic heterocycles. The van der Waals surface area contributed by atoms with Gasteiger partial charge in [0.2, 0.25) is 0 Å². The fourth-order valence-electron chi connectivity index (χ4n) is 5.47. The van der Waals surface area contributed by atoms with Gasteiger partial charge in [0.05, 0.1) is 0 Å². The minimum atomic E-state index is 0.213. The molecule has 0 radical (unpaired) electrons. The number of fused-ring (bicyclic) bond motifs is 1. The number of piperidine rings is 1. The molecule has 0 spiro atoms. The van der Waals surface area contributed by atoms with E-state index in [-0.39, 0.29) is 11.8 Å². The summed E-state index contributed by atoms with van der Waals surface area (Å²) < 4.78 is 1.99. The van der Waals surface area contributed by atoms with Gasteiger partial charge in [0.1, 0.15) is 12.0 Å². The number of aryl methyl sites for hydroxylation is 2. The Hall–Kier alpha value is -3.08. The van der Waals surface area contributed by atoms with Crippen LogP contribution in [-0.4, -0.2) is 34.3 Å². The van der Waals surface area contributed by atoms with Crippen LogP contribution in [0.25, 0.3) is 0 Å². The van der Waals surface area contributed by atoms with Crippen LogP contribution in [0.2, 0.25) is 0 Å². The fourth-order valence-corrected chi connectivity index (χ4v) is 5.47. The van der Waals surface area contributed by atoms with E-state index in [1.165, 1.54) is 28.1 Å². The van der Waals surface area contributed by atoms with Crippen molar-refractivity contribution in [1.29, 1.82) is 0 Å². The van der Waals surface area contributed by atoms with Gasteiger partial charge in [0, 0.05) is 55.5 Å². The third kappa shape index (κ3) is 3.73. The summed E-state index contributed by atoms with van der Waals surface area (Å²) in [5, 5.41) is 14.4. The summed E-state index contributed by atoms with van der Waals surface area (Å²) >= 11 is 0. The van der Waals surface area contributed by atoms with E-state index in [4.69, 9.17) is 0 Å². The molecule has 2 atom stereocenters. The Morgan fingerprint density at radius 2 is 1.81 bits per heavy atom. The Bertz CT molecular complexity index is 1060. The lowest BCUT2D eigenvalue weighted by Gasteiger charge is -2.35. The maximum absolute atomic E-state index is 11.1. The van der Waals surface area contributed by atoms with Crippen molar-refractivity contribution in [3.8, 4) is 5.75 Å². The lowest BCUT2D eigenvalue weighted by molar-refractivity contribution is -0.111. The summed E-state index contributed by atoms with van der Waals surface area (Å²) in [6.45, 7) is 1.87. The van der Waals surface area contributed by atoms with Gasteiger partial charge in [0.15, 0.2) is 0 Å². The third-order valence-corrected chi connectivity index (χ3v) is 7.18. The van der Waals surface area contributed by atoms with Crippen LogP contribution in [-0.2, 0) is 18.3 Å². The summed E-state index contributed by atoms with van der Waals surface area (Å²) in [6, 6.07) is 16.9. The average Bonchev–Trinajstić information content (AvgIpc) is 3.24. The molecular weight excluding hydrogens is 386 g/mol. The summed E-state index contributed by atoms with van der Waals surface area (Å²) in [6.07, 6.45) is 6.85. The largest absolute Gasteiger partial charge is 0.508 e. The van der Waals surface area contributed by atoms with Gasteiger partial charge in [0.25, 0.3) is 0 Å². The first-order valence-corrected chi connectivity index (χ1v) is 11.2. The number of hydrogen-bond donors (Lipinski definition) is 1. The maximum atomic E-state index is 11.1. The van der Waals surface area contributed by atoms with Crippen molar-refractivity contribution in [2.75, 3.05) is 18.0 Å². The van der Waals surface area contributed by atoms with Gasteiger partial charge < -0.3 is 14.8 Å². The number of phenols is 1. The normalized spacial score (nSPS) is 21.6. The molecule has 1 aliphatic carbocycles. The van der Waals surface area contributed by atoms with Gasteiger partial charge in [-0.05, 0) is 72.7 Å². The SMILES string of the molecule is Cn1nccc1[C@@H]1CCc2cc(O)ccc2[C@@H]1c1ccc(N2CCC(C=O)CC2)cc1. The van der Waals surface area contributed by atoms with Gasteiger partial charge in [-0.2, -0.15) is 5.10 Å². The molecule has 160 valence electrons. The van der Waals surface area contributed by atoms with Crippen LogP contribution in [0.1, 0.15) is 53.5 Å². The van der Waals surface area contributed by atoms with Gasteiger partial charge in [-0.3, -0.25) is 4.68 Å². The van der Waals surface area contributed by atoms with E-state index in [9.17, 15) is 9.90 Å². The van der Waals surface area contributed by atoms with Gasteiger partial charge in [-0.25, -0.2) is 0 Å². The molecular formula is C26H29N3O2. The molecule has 5 heteroatoms. The monoisotopic (exact) mass is 415 g/mol. The molecule has 0 bridgehead atoms. The van der Waals surface area contributed by atoms with Crippen LogP contribution >= 0.6 is 0 Å². The number of hydrogen-bond acceptors (Lipinski definition) is 4. The summed E-state index contributed by atoms with van der Waals surface area (Å²) in [7, 11) is 2.02. The number of anilines is 1. The molecule has 31 heavy (non-hydrogen) atoms. The topological polar surface area (TPSA) is 58.4 Å². The van der Waals surface area contributed by atoms with Gasteiger partial charge in [-0.1, -0.05) is 18.2 Å². The molecule has 5 nitrogen and oxygen atoms in total. The van der Waals surface area contributed by atoms with Crippen LogP contribution in [0.5, 0.6) is 5.75 Å². The molecule has 1 aliphatic heterocycles. The van der Waals surface area contributed by atoms with Crippen LogP contribution in [0.3, 0.4) is 0 Å². The first kappa shape index (κ1) is 19.9. The van der Waals surface area contributed by atoms with E-state index in [2.05, 4.69) is 46.4 Å². The summed E-state index contributed by atoms with van der Waals surface area (Å²) in [5.74, 6) is 1.13. The van der Waals surface area contributed by atoms with E-state index in [0.717, 1.165) is 45.1 Å². The van der Waals surface area contributed by atoms with Crippen molar-refractivity contribution in [1.82, 2.24) is 9.78 Å². The van der Waals surface area contributed by atoms with Crippen LogP contribution in [0.4, 0.5) is 5.69 Å². The predicted molar refractivity (Wildman–Crippen MR) is 122 cm³/mol. The maximum Gasteiger partial charge on any atom is 0.123 e. The lowest BCUT2D eigenvalue weighted by atomic mass is 9.70. The van der Waals surface area contributed by atoms with Crippen molar-refractivity contribution >= 4 is 12.0 Å². The van der Waals surface area contributed by atoms with E-state index < -0.39 is 0 Å². The minimum Gasteiger partial charge on any atom is -0.508 e. The summed E-state index contributed by atoms with van der Waals surface area (Å²) in [5.41, 5.74) is 6.32. The molecule has 3 aromatic rings. The van der Waals surface area contributed by atoms with Gasteiger partial charge >= 0.3 is 0 Å². The lowest BCUT2D eigenvalue weighted by Crippen LogP contribution is -2.34. The number of aromatic nitrogens is 2. The molecule has 1 N–H and O–H groups in total. The molecule has 2 heterocycles. The van der Waals surface area contributed by atoms with Crippen LogP contribution < -0.4 is 4.90 Å². The molecule has 1 saturated heterocycles. The van der Waals surface area contributed by atoms with Crippen molar-refractivity contribution < 1.29 is 9.90 Å². The zero-order valence-corrected chi connectivity index (χ0v) is 17.9. The number of carbonyl (C=O) groups is 1. The third-order valence-electron chi connectivity index (χ3n) is 7.18. The first-order valence-electron chi connectivity index (χ1n) is 11.2. The minimum absolute atomic E-state index is 0.213. The van der Waals surface area contributed by atoms with Crippen molar-refractivity contribution in [3.63, 3.8) is 0 Å². The highest BCUT2D eigenvalue weighted by atomic mass is 16.3. The Morgan fingerprint density at radius 1 is 1.03 bits per heavy atom. The number of rotatable bonds is 4. The zero-order chi connectivity index (χ0) is 21.4. The highest BCUT2D eigenvalue weighted by Gasteiger charge is 2.33. The van der Waals surface area contributed by atoms with Crippen LogP contribution in [0.15, 0.2) is 54.7 Å². The number of carbonyl (C=O) groups excluding carboxylic acids is 1. The Morgan fingerprint density at radius 3 is 2.48 bits per heavy atom. The van der Waals surface area contributed by atoms with Crippen molar-refractivity contribution in [2.45, 2.75) is 37.5 Å². The molecule has 0 saturated carbocycles. The van der Waals surface area contributed by atoms with E-state index in [1.807, 2.05) is 30.1 Å². The standard InChI is InChI=1S/C26H29N3O2/c1-28-25(10-13-27-28)24-8-4-20-16-22(31)7-9-23(20)26(24)19-2-5-21(6-3-19)29-14-11-18(17-30)12-15-29/h2-3,5-7,9-10,13,16-18,24,26,31H,4,8,11-12,14-15H2,1H3/t24-,26-/m0/s1. The van der Waals surface area contributed by atoms with Crippen LogP contribution in [0, 0.1) is 5.92 Å². The number of phenolic OH excluding ortho intramolecular Hbond substituents is 1. The summed E-state index contributed by atoms with van der Waals surface area (Å²) in [4.78, 5) is 13.4. The molecule has 2 aromatic carbocycles. The molecule has 5 rings (SSSR count). The smallest absolute Gasteiger partial charge is 0.123 e. The number of benzene rings is 2. The van der Waals surface area contributed by atoms with Crippen molar-refractivity contribution in [2.24, 2.45) is 13.0 Å². The molecule has 0 unspecified atom stereocenters. The highest BCUT2D eigenvalue weighted by Crippen LogP contribution is 2.47. The molecule has 1 fully saturated rings. The van der Waals surface area contributed by atoms with Gasteiger partial charge in [-0.15, -0.1) is 0 Å².